The van der Waals surface area contributed by atoms with Crippen LogP contribution in [0.5, 0.6) is 0 Å². The van der Waals surface area contributed by atoms with Gasteiger partial charge >= 0.3 is 0 Å². The molecule has 1 aliphatic heterocycles. The van der Waals surface area contributed by atoms with E-state index >= 15 is 0 Å². The van der Waals surface area contributed by atoms with Gasteiger partial charge in [-0.15, -0.1) is 0 Å². The molecule has 3 rings (SSSR count). The van der Waals surface area contributed by atoms with Crippen LogP contribution in [0.1, 0.15) is 18.4 Å². The first-order valence-electron chi connectivity index (χ1n) is 8.93. The van der Waals surface area contributed by atoms with Crippen LogP contribution in [0, 0.1) is 0 Å². The Morgan fingerprint density at radius 3 is 2.68 bits per heavy atom. The molecular formula is C19H26N4O2. The molecule has 2 N–H and O–H groups in total. The molecular weight excluding hydrogens is 316 g/mol. The van der Waals surface area contributed by atoms with Crippen molar-refractivity contribution in [2.45, 2.75) is 19.3 Å². The zero-order valence-corrected chi connectivity index (χ0v) is 14.8. The zero-order valence-electron chi connectivity index (χ0n) is 14.8. The third-order valence-corrected chi connectivity index (χ3v) is 4.88. The molecule has 0 radical (unpaired) electrons. The van der Waals surface area contributed by atoms with E-state index in [1.165, 1.54) is 10.9 Å². The number of benzene rings is 1. The van der Waals surface area contributed by atoms with E-state index in [9.17, 15) is 9.59 Å². The highest BCUT2D eigenvalue weighted by Gasteiger charge is 2.21. The molecule has 1 aromatic heterocycles. The molecule has 6 nitrogen and oxygen atoms in total. The fourth-order valence-electron chi connectivity index (χ4n) is 3.36. The van der Waals surface area contributed by atoms with E-state index in [4.69, 9.17) is 0 Å². The minimum atomic E-state index is 0.0264. The number of hydrogen-bond donors (Lipinski definition) is 2. The average molecular weight is 342 g/mol. The summed E-state index contributed by atoms with van der Waals surface area (Å²) in [6, 6.07) is 8.26. The molecule has 1 aromatic carbocycles. The normalized spacial score (nSPS) is 15.5. The van der Waals surface area contributed by atoms with Gasteiger partial charge in [0.15, 0.2) is 0 Å². The van der Waals surface area contributed by atoms with Crippen molar-refractivity contribution in [2.75, 3.05) is 39.8 Å². The third kappa shape index (κ3) is 4.39. The Bertz CT molecular complexity index is 732. The number of piperazine rings is 1. The molecule has 1 saturated heterocycles. The van der Waals surface area contributed by atoms with Crippen LogP contribution >= 0.6 is 0 Å². The second-order valence-electron chi connectivity index (χ2n) is 6.54. The molecule has 0 saturated carbocycles. The average Bonchev–Trinajstić information content (AvgIpc) is 3.05. The fourth-order valence-corrected chi connectivity index (χ4v) is 3.36. The number of aromatic nitrogens is 1. The third-order valence-electron chi connectivity index (χ3n) is 4.88. The van der Waals surface area contributed by atoms with Gasteiger partial charge in [-0.05, 0) is 24.5 Å². The number of rotatable bonds is 6. The van der Waals surface area contributed by atoms with Crippen molar-refractivity contribution < 1.29 is 9.59 Å². The Morgan fingerprint density at radius 2 is 1.92 bits per heavy atom. The summed E-state index contributed by atoms with van der Waals surface area (Å²) < 4.78 is 0. The quantitative estimate of drug-likeness (QED) is 0.833. The minimum absolute atomic E-state index is 0.0264. The Kier molecular flexibility index (Phi) is 5.71. The summed E-state index contributed by atoms with van der Waals surface area (Å²) in [7, 11) is 1.65. The Hall–Kier alpha value is -2.34. The number of para-hydroxylation sites is 1. The molecule has 0 atom stereocenters. The highest BCUT2D eigenvalue weighted by molar-refractivity contribution is 5.83. The Labute approximate surface area is 148 Å². The number of likely N-dealkylation sites (N-methyl/N-ethyl adjacent to an activating group) is 1. The van der Waals surface area contributed by atoms with Crippen LogP contribution in [-0.2, 0) is 16.0 Å². The molecule has 25 heavy (non-hydrogen) atoms. The lowest BCUT2D eigenvalue weighted by atomic mass is 10.1. The van der Waals surface area contributed by atoms with Crippen molar-refractivity contribution in [3.05, 3.63) is 36.0 Å². The summed E-state index contributed by atoms with van der Waals surface area (Å²) in [5.41, 5.74) is 2.43. The molecule has 2 heterocycles. The van der Waals surface area contributed by atoms with E-state index in [0.29, 0.717) is 26.1 Å². The van der Waals surface area contributed by atoms with Crippen LogP contribution in [0.15, 0.2) is 30.5 Å². The summed E-state index contributed by atoms with van der Waals surface area (Å²) in [5.74, 6) is 0.248. The maximum Gasteiger partial charge on any atom is 0.233 e. The van der Waals surface area contributed by atoms with Crippen molar-refractivity contribution in [3.8, 4) is 0 Å². The molecule has 0 unspecified atom stereocenters. The van der Waals surface area contributed by atoms with Crippen molar-refractivity contribution in [1.29, 1.82) is 0 Å². The maximum absolute atomic E-state index is 12.4. The lowest BCUT2D eigenvalue weighted by Crippen LogP contribution is -2.50. The van der Waals surface area contributed by atoms with Gasteiger partial charge in [0, 0.05) is 56.7 Å². The number of amides is 2. The standard InChI is InChI=1S/C19H26N4O2/c1-20-18(24)14-22-9-11-23(12-10-22)19(25)8-4-5-15-13-21-17-7-3-2-6-16(15)17/h2-3,6-7,13,21H,4-5,8-12,14H2,1H3,(H,20,24). The van der Waals surface area contributed by atoms with Gasteiger partial charge < -0.3 is 15.2 Å². The lowest BCUT2D eigenvalue weighted by molar-refractivity contribution is -0.133. The van der Waals surface area contributed by atoms with E-state index in [0.717, 1.165) is 31.4 Å². The number of nitrogens with zero attached hydrogens (tertiary/aromatic N) is 2. The summed E-state index contributed by atoms with van der Waals surface area (Å²) in [5, 5.41) is 3.88. The van der Waals surface area contributed by atoms with Crippen molar-refractivity contribution in [1.82, 2.24) is 20.1 Å². The fraction of sp³-hybridized carbons (Fsp3) is 0.474. The molecule has 2 amide bonds. The molecule has 6 heteroatoms. The van der Waals surface area contributed by atoms with Gasteiger partial charge in [0.05, 0.1) is 6.54 Å². The van der Waals surface area contributed by atoms with Crippen LogP contribution in [0.25, 0.3) is 10.9 Å². The first-order valence-corrected chi connectivity index (χ1v) is 8.93. The van der Waals surface area contributed by atoms with Crippen molar-refractivity contribution >= 4 is 22.7 Å². The first-order chi connectivity index (χ1) is 12.2. The molecule has 1 aliphatic rings. The minimum Gasteiger partial charge on any atom is -0.361 e. The number of hydrogen-bond acceptors (Lipinski definition) is 3. The summed E-state index contributed by atoms with van der Waals surface area (Å²) >= 11 is 0. The Balaban J connectivity index is 1.42. The summed E-state index contributed by atoms with van der Waals surface area (Å²) in [6.45, 7) is 3.37. The van der Waals surface area contributed by atoms with Crippen LogP contribution in [0.2, 0.25) is 0 Å². The van der Waals surface area contributed by atoms with Gasteiger partial charge in [-0.25, -0.2) is 0 Å². The van der Waals surface area contributed by atoms with Crippen LogP contribution in [0.4, 0.5) is 0 Å². The van der Waals surface area contributed by atoms with E-state index in [1.807, 2.05) is 23.2 Å². The van der Waals surface area contributed by atoms with Gasteiger partial charge in [-0.2, -0.15) is 0 Å². The second kappa shape index (κ2) is 8.16. The number of H-pyrrole nitrogens is 1. The smallest absolute Gasteiger partial charge is 0.233 e. The van der Waals surface area contributed by atoms with Gasteiger partial charge in [0.1, 0.15) is 0 Å². The van der Waals surface area contributed by atoms with E-state index < -0.39 is 0 Å². The molecule has 0 bridgehead atoms. The molecule has 134 valence electrons. The van der Waals surface area contributed by atoms with Crippen LogP contribution < -0.4 is 5.32 Å². The molecule has 2 aromatic rings. The van der Waals surface area contributed by atoms with Gasteiger partial charge in [-0.3, -0.25) is 14.5 Å². The van der Waals surface area contributed by atoms with Gasteiger partial charge in [0.2, 0.25) is 11.8 Å². The van der Waals surface area contributed by atoms with Crippen molar-refractivity contribution in [2.24, 2.45) is 0 Å². The van der Waals surface area contributed by atoms with Gasteiger partial charge in [0.25, 0.3) is 0 Å². The summed E-state index contributed by atoms with van der Waals surface area (Å²) in [6.07, 6.45) is 4.40. The topological polar surface area (TPSA) is 68.4 Å². The lowest BCUT2D eigenvalue weighted by Gasteiger charge is -2.34. The number of carbonyl (C=O) groups excluding carboxylic acids is 2. The van der Waals surface area contributed by atoms with E-state index in [1.54, 1.807) is 7.05 Å². The summed E-state index contributed by atoms with van der Waals surface area (Å²) in [4.78, 5) is 31.1. The maximum atomic E-state index is 12.4. The number of aromatic amines is 1. The Morgan fingerprint density at radius 1 is 1.16 bits per heavy atom. The predicted octanol–water partition coefficient (Wildman–Crippen LogP) is 1.38. The number of fused-ring (bicyclic) bond motifs is 1. The largest absolute Gasteiger partial charge is 0.361 e. The predicted molar refractivity (Wildman–Crippen MR) is 98.3 cm³/mol. The first kappa shape index (κ1) is 17.5. The number of carbonyl (C=O) groups is 2. The highest BCUT2D eigenvalue weighted by Crippen LogP contribution is 2.19. The molecule has 0 aliphatic carbocycles. The van der Waals surface area contributed by atoms with Gasteiger partial charge in [-0.1, -0.05) is 18.2 Å². The monoisotopic (exact) mass is 342 g/mol. The van der Waals surface area contributed by atoms with Crippen molar-refractivity contribution in [3.63, 3.8) is 0 Å². The number of aryl methyl sites for hydroxylation is 1. The zero-order chi connectivity index (χ0) is 17.6. The SMILES string of the molecule is CNC(=O)CN1CCN(C(=O)CCCc2c[nH]c3ccccc23)CC1. The number of nitrogens with one attached hydrogen (secondary N) is 2. The van der Waals surface area contributed by atoms with Crippen LogP contribution in [0.3, 0.4) is 0 Å². The van der Waals surface area contributed by atoms with E-state index in [-0.39, 0.29) is 11.8 Å². The second-order valence-corrected chi connectivity index (χ2v) is 6.54. The van der Waals surface area contributed by atoms with Crippen LogP contribution in [-0.4, -0.2) is 66.4 Å². The molecule has 0 spiro atoms. The van der Waals surface area contributed by atoms with E-state index in [2.05, 4.69) is 27.3 Å². The molecule has 1 fully saturated rings. The highest BCUT2D eigenvalue weighted by atomic mass is 16.2.